The van der Waals surface area contributed by atoms with E-state index >= 15 is 0 Å². The zero-order valence-corrected chi connectivity index (χ0v) is 16.8. The maximum atomic E-state index is 13.4. The molecule has 8 heteroatoms. The number of hydrogen-bond donors (Lipinski definition) is 1. The number of nitrogens with zero attached hydrogens (tertiary/aromatic N) is 2. The fourth-order valence-electron chi connectivity index (χ4n) is 3.66. The molecular formula is C21H22FN3O3S. The minimum atomic E-state index is -3.68. The topological polar surface area (TPSA) is 75.3 Å². The number of H-pyrrole nitrogens is 1. The second-order valence-corrected chi connectivity index (χ2v) is 9.01. The highest BCUT2D eigenvalue weighted by molar-refractivity contribution is 7.89. The third kappa shape index (κ3) is 4.04. The first-order valence-electron chi connectivity index (χ1n) is 9.43. The lowest BCUT2D eigenvalue weighted by Crippen LogP contribution is -2.38. The molecule has 0 spiro atoms. The van der Waals surface area contributed by atoms with E-state index in [2.05, 4.69) is 10.2 Å². The molecule has 3 aromatic rings. The van der Waals surface area contributed by atoms with Gasteiger partial charge in [0.05, 0.1) is 17.7 Å². The monoisotopic (exact) mass is 415 g/mol. The Morgan fingerprint density at radius 3 is 2.59 bits per heavy atom. The van der Waals surface area contributed by atoms with Crippen molar-refractivity contribution in [1.82, 2.24) is 14.5 Å². The summed E-state index contributed by atoms with van der Waals surface area (Å²) >= 11 is 0. The molecule has 0 unspecified atom stereocenters. The predicted octanol–water partition coefficient (Wildman–Crippen LogP) is 3.79. The summed E-state index contributed by atoms with van der Waals surface area (Å²) in [6.07, 6.45) is 1.35. The first-order chi connectivity index (χ1) is 14.0. The zero-order valence-electron chi connectivity index (χ0n) is 16.0. The van der Waals surface area contributed by atoms with E-state index in [4.69, 9.17) is 4.74 Å². The molecule has 1 N–H and O–H groups in total. The molecule has 2 aromatic carbocycles. The number of methoxy groups -OCH3 is 1. The summed E-state index contributed by atoms with van der Waals surface area (Å²) in [5.41, 5.74) is 2.78. The van der Waals surface area contributed by atoms with Crippen LogP contribution in [0.3, 0.4) is 0 Å². The molecule has 4 rings (SSSR count). The number of aromatic amines is 1. The quantitative estimate of drug-likeness (QED) is 0.688. The van der Waals surface area contributed by atoms with Crippen molar-refractivity contribution < 1.29 is 17.5 Å². The Bertz CT molecular complexity index is 1110. The maximum absolute atomic E-state index is 13.4. The average molecular weight is 415 g/mol. The van der Waals surface area contributed by atoms with Crippen molar-refractivity contribution >= 4 is 10.0 Å². The molecule has 152 valence electrons. The standard InChI is InChI=1S/C21H22FN3O3S/c1-28-18-6-2-4-16(12-18)21-14-20(23-24-21)15-8-10-25(11-9-15)29(26,27)19-7-3-5-17(22)13-19/h2-7,12-15H,8-11H2,1H3,(H,23,24). The van der Waals surface area contributed by atoms with Crippen LogP contribution in [0.4, 0.5) is 4.39 Å². The second kappa shape index (κ2) is 7.96. The van der Waals surface area contributed by atoms with Crippen molar-refractivity contribution in [2.24, 2.45) is 0 Å². The van der Waals surface area contributed by atoms with Gasteiger partial charge >= 0.3 is 0 Å². The Hall–Kier alpha value is -2.71. The lowest BCUT2D eigenvalue weighted by atomic mass is 9.94. The fraction of sp³-hybridized carbons (Fsp3) is 0.286. The van der Waals surface area contributed by atoms with Crippen LogP contribution in [0.2, 0.25) is 0 Å². The van der Waals surface area contributed by atoms with Gasteiger partial charge in [0.2, 0.25) is 10.0 Å². The van der Waals surface area contributed by atoms with Gasteiger partial charge in [-0.2, -0.15) is 9.40 Å². The van der Waals surface area contributed by atoms with Gasteiger partial charge in [-0.3, -0.25) is 5.10 Å². The van der Waals surface area contributed by atoms with E-state index in [-0.39, 0.29) is 10.8 Å². The Labute approximate surface area is 169 Å². The number of hydrogen-bond acceptors (Lipinski definition) is 4. The SMILES string of the molecule is COc1cccc(-c2cc(C3CCN(S(=O)(=O)c4cccc(F)c4)CC3)[nH]n2)c1. The number of ether oxygens (including phenoxy) is 1. The second-order valence-electron chi connectivity index (χ2n) is 7.08. The summed E-state index contributed by atoms with van der Waals surface area (Å²) in [6, 6.07) is 14.9. The highest BCUT2D eigenvalue weighted by Crippen LogP contribution is 2.32. The van der Waals surface area contributed by atoms with Crippen molar-refractivity contribution in [3.05, 3.63) is 66.1 Å². The van der Waals surface area contributed by atoms with Gasteiger partial charge in [-0.25, -0.2) is 12.8 Å². The first-order valence-corrected chi connectivity index (χ1v) is 10.9. The van der Waals surface area contributed by atoms with E-state index in [1.165, 1.54) is 22.5 Å². The summed E-state index contributed by atoms with van der Waals surface area (Å²) in [4.78, 5) is -0.00204. The van der Waals surface area contributed by atoms with E-state index in [1.54, 1.807) is 7.11 Å². The molecule has 0 aliphatic carbocycles. The molecule has 1 fully saturated rings. The molecule has 0 bridgehead atoms. The number of benzene rings is 2. The van der Waals surface area contributed by atoms with Gasteiger partial charge < -0.3 is 4.74 Å². The van der Waals surface area contributed by atoms with Gasteiger partial charge in [-0.05, 0) is 49.2 Å². The molecular weight excluding hydrogens is 393 g/mol. The normalized spacial score (nSPS) is 16.1. The number of sulfonamides is 1. The van der Waals surface area contributed by atoms with Gasteiger partial charge in [-0.1, -0.05) is 18.2 Å². The van der Waals surface area contributed by atoms with E-state index in [0.717, 1.165) is 28.8 Å². The lowest BCUT2D eigenvalue weighted by Gasteiger charge is -2.30. The number of rotatable bonds is 5. The van der Waals surface area contributed by atoms with Crippen LogP contribution >= 0.6 is 0 Å². The Morgan fingerprint density at radius 1 is 1.10 bits per heavy atom. The number of nitrogens with one attached hydrogen (secondary N) is 1. The Balaban J connectivity index is 1.46. The smallest absolute Gasteiger partial charge is 0.243 e. The molecule has 1 aliphatic heterocycles. The van der Waals surface area contributed by atoms with E-state index in [1.807, 2.05) is 30.3 Å². The van der Waals surface area contributed by atoms with Crippen molar-refractivity contribution in [3.8, 4) is 17.0 Å². The Morgan fingerprint density at radius 2 is 1.86 bits per heavy atom. The fourth-order valence-corrected chi connectivity index (χ4v) is 5.16. The van der Waals surface area contributed by atoms with E-state index in [0.29, 0.717) is 25.9 Å². The largest absolute Gasteiger partial charge is 0.497 e. The number of halogens is 1. The molecule has 0 amide bonds. The zero-order chi connectivity index (χ0) is 20.4. The van der Waals surface area contributed by atoms with Crippen molar-refractivity contribution in [3.63, 3.8) is 0 Å². The van der Waals surface area contributed by atoms with Crippen molar-refractivity contribution in [1.29, 1.82) is 0 Å². The predicted molar refractivity (Wildman–Crippen MR) is 108 cm³/mol. The summed E-state index contributed by atoms with van der Waals surface area (Å²) in [6.45, 7) is 0.772. The molecule has 2 heterocycles. The van der Waals surface area contributed by atoms with Crippen LogP contribution in [0.1, 0.15) is 24.5 Å². The molecule has 0 saturated carbocycles. The Kier molecular flexibility index (Phi) is 5.38. The number of aromatic nitrogens is 2. The van der Waals surface area contributed by atoms with Crippen LogP contribution < -0.4 is 4.74 Å². The third-order valence-corrected chi connectivity index (χ3v) is 7.19. The van der Waals surface area contributed by atoms with Gasteiger partial charge in [0.25, 0.3) is 0 Å². The van der Waals surface area contributed by atoms with Crippen LogP contribution in [0.15, 0.2) is 59.5 Å². The third-order valence-electron chi connectivity index (χ3n) is 5.29. The van der Waals surface area contributed by atoms with Gasteiger partial charge in [0.15, 0.2) is 0 Å². The average Bonchev–Trinajstić information content (AvgIpc) is 3.24. The van der Waals surface area contributed by atoms with E-state index < -0.39 is 15.8 Å². The summed E-state index contributed by atoms with van der Waals surface area (Å²) in [7, 11) is -2.06. The molecule has 1 aliphatic rings. The molecule has 1 aromatic heterocycles. The molecule has 6 nitrogen and oxygen atoms in total. The van der Waals surface area contributed by atoms with Crippen molar-refractivity contribution in [2.75, 3.05) is 20.2 Å². The highest BCUT2D eigenvalue weighted by Gasteiger charge is 2.30. The summed E-state index contributed by atoms with van der Waals surface area (Å²) in [5.74, 6) is 0.409. The van der Waals surface area contributed by atoms with Crippen LogP contribution in [0.25, 0.3) is 11.3 Å². The highest BCUT2D eigenvalue weighted by atomic mass is 32.2. The molecule has 0 radical (unpaired) electrons. The molecule has 29 heavy (non-hydrogen) atoms. The molecule has 1 saturated heterocycles. The van der Waals surface area contributed by atoms with Crippen LogP contribution in [-0.2, 0) is 10.0 Å². The van der Waals surface area contributed by atoms with Crippen LogP contribution in [0.5, 0.6) is 5.75 Å². The van der Waals surface area contributed by atoms with Crippen LogP contribution in [0, 0.1) is 5.82 Å². The molecule has 0 atom stereocenters. The van der Waals surface area contributed by atoms with Gasteiger partial charge in [0, 0.05) is 30.3 Å². The van der Waals surface area contributed by atoms with Gasteiger partial charge in [-0.15, -0.1) is 0 Å². The van der Waals surface area contributed by atoms with Gasteiger partial charge in [0.1, 0.15) is 11.6 Å². The van der Waals surface area contributed by atoms with E-state index in [9.17, 15) is 12.8 Å². The lowest BCUT2D eigenvalue weighted by molar-refractivity contribution is 0.316. The number of piperidine rings is 1. The summed E-state index contributed by atoms with van der Waals surface area (Å²) in [5, 5.41) is 7.50. The first kappa shape index (κ1) is 19.6. The minimum Gasteiger partial charge on any atom is -0.497 e. The minimum absolute atomic E-state index is 0.00204. The maximum Gasteiger partial charge on any atom is 0.243 e. The van der Waals surface area contributed by atoms with Crippen LogP contribution in [-0.4, -0.2) is 43.1 Å². The van der Waals surface area contributed by atoms with Crippen molar-refractivity contribution in [2.45, 2.75) is 23.7 Å². The summed E-state index contributed by atoms with van der Waals surface area (Å²) < 4.78 is 45.6.